The number of nitrogens with one attached hydrogen (secondary N) is 1. The molecule has 3 aromatic rings. The summed E-state index contributed by atoms with van der Waals surface area (Å²) in [6.45, 7) is 6.72. The summed E-state index contributed by atoms with van der Waals surface area (Å²) >= 11 is 0. The number of fused-ring (bicyclic) bond motifs is 1. The lowest BCUT2D eigenvalue weighted by atomic mass is 10.2. The van der Waals surface area contributed by atoms with E-state index in [1.807, 2.05) is 41.9 Å². The van der Waals surface area contributed by atoms with Crippen molar-refractivity contribution in [3.63, 3.8) is 0 Å². The van der Waals surface area contributed by atoms with Crippen LogP contribution < -0.4 is 15.8 Å². The van der Waals surface area contributed by atoms with Gasteiger partial charge in [0.25, 0.3) is 5.56 Å². The molecule has 1 aliphatic heterocycles. The Balaban J connectivity index is 1.57. The van der Waals surface area contributed by atoms with Gasteiger partial charge in [0, 0.05) is 38.7 Å². The van der Waals surface area contributed by atoms with Crippen molar-refractivity contribution in [2.45, 2.75) is 52.6 Å². The van der Waals surface area contributed by atoms with Gasteiger partial charge < -0.3 is 14.8 Å². The molecule has 0 unspecified atom stereocenters. The third-order valence-corrected chi connectivity index (χ3v) is 5.41. The number of amides is 1. The van der Waals surface area contributed by atoms with E-state index < -0.39 is 0 Å². The highest BCUT2D eigenvalue weighted by Gasteiger charge is 2.20. The Hall–Kier alpha value is -3.16. The van der Waals surface area contributed by atoms with Crippen LogP contribution in [0.1, 0.15) is 38.3 Å². The predicted octanol–water partition coefficient (Wildman–Crippen LogP) is 2.94. The van der Waals surface area contributed by atoms with E-state index in [1.165, 1.54) is 0 Å². The highest BCUT2D eigenvalue weighted by molar-refractivity contribution is 5.90. The monoisotopic (exact) mass is 408 g/mol. The molecule has 4 rings (SSSR count). The molecule has 1 fully saturated rings. The van der Waals surface area contributed by atoms with E-state index in [4.69, 9.17) is 0 Å². The van der Waals surface area contributed by atoms with Gasteiger partial charge in [-0.15, -0.1) is 0 Å². The molecule has 30 heavy (non-hydrogen) atoms. The molecule has 1 aliphatic rings. The summed E-state index contributed by atoms with van der Waals surface area (Å²) in [6.07, 6.45) is 3.27. The van der Waals surface area contributed by atoms with Crippen LogP contribution in [0.5, 0.6) is 0 Å². The summed E-state index contributed by atoms with van der Waals surface area (Å²) in [6, 6.07) is 9.47. The van der Waals surface area contributed by atoms with Crippen molar-refractivity contribution in [1.82, 2.24) is 19.3 Å². The molecule has 1 aromatic carbocycles. The van der Waals surface area contributed by atoms with Crippen molar-refractivity contribution in [2.75, 3.05) is 23.3 Å². The normalized spacial score (nSPS) is 13.9. The summed E-state index contributed by atoms with van der Waals surface area (Å²) < 4.78 is 3.50. The molecule has 0 aliphatic carbocycles. The van der Waals surface area contributed by atoms with Crippen LogP contribution >= 0.6 is 0 Å². The van der Waals surface area contributed by atoms with Crippen LogP contribution in [0, 0.1) is 6.92 Å². The van der Waals surface area contributed by atoms with Gasteiger partial charge in [-0.2, -0.15) is 5.10 Å². The fraction of sp³-hybridized carbons (Fsp3) is 0.455. The lowest BCUT2D eigenvalue weighted by Crippen LogP contribution is -2.32. The number of carbonyl (C=O) groups excluding carboxylic acids is 1. The highest BCUT2D eigenvalue weighted by Crippen LogP contribution is 2.19. The van der Waals surface area contributed by atoms with E-state index in [1.54, 1.807) is 4.57 Å². The average molecular weight is 409 g/mol. The van der Waals surface area contributed by atoms with Crippen molar-refractivity contribution in [3.8, 4) is 0 Å². The molecule has 0 bridgehead atoms. The van der Waals surface area contributed by atoms with Gasteiger partial charge in [-0.1, -0.05) is 19.1 Å². The maximum Gasteiger partial charge on any atom is 0.294 e. The molecule has 0 radical (unpaired) electrons. The van der Waals surface area contributed by atoms with E-state index in [0.29, 0.717) is 18.2 Å². The van der Waals surface area contributed by atoms with Crippen LogP contribution in [0.25, 0.3) is 11.0 Å². The number of carbonyl (C=O) groups is 1. The van der Waals surface area contributed by atoms with Crippen molar-refractivity contribution >= 4 is 28.6 Å². The van der Waals surface area contributed by atoms with Crippen molar-refractivity contribution in [1.29, 1.82) is 0 Å². The summed E-state index contributed by atoms with van der Waals surface area (Å²) in [5.41, 5.74) is 2.27. The molecule has 1 saturated heterocycles. The summed E-state index contributed by atoms with van der Waals surface area (Å²) in [7, 11) is 0. The van der Waals surface area contributed by atoms with Gasteiger partial charge in [-0.3, -0.25) is 9.59 Å². The third-order valence-electron chi connectivity index (χ3n) is 5.41. The van der Waals surface area contributed by atoms with Crippen LogP contribution in [0.15, 0.2) is 35.1 Å². The molecule has 8 heteroatoms. The Morgan fingerprint density at radius 2 is 1.93 bits per heavy atom. The van der Waals surface area contributed by atoms with Crippen LogP contribution in [0.2, 0.25) is 0 Å². The first-order valence-electron chi connectivity index (χ1n) is 10.7. The standard InChI is InChI=1S/C22H28N6O2/c1-3-11-28-19(15-16(2)25-28)24-20(29)10-14-27-18-9-5-4-8-17(18)23-21(22(27)30)26-12-6-7-13-26/h4-5,8-9,15H,3,6-7,10-14H2,1-2H3,(H,24,29). The predicted molar refractivity (Wildman–Crippen MR) is 118 cm³/mol. The lowest BCUT2D eigenvalue weighted by molar-refractivity contribution is -0.116. The maximum absolute atomic E-state index is 13.2. The van der Waals surface area contributed by atoms with Gasteiger partial charge in [-0.25, -0.2) is 9.67 Å². The first-order chi connectivity index (χ1) is 14.6. The van der Waals surface area contributed by atoms with E-state index in [-0.39, 0.29) is 17.9 Å². The average Bonchev–Trinajstić information content (AvgIpc) is 3.37. The van der Waals surface area contributed by atoms with E-state index >= 15 is 0 Å². The van der Waals surface area contributed by atoms with Crippen LogP contribution in [-0.2, 0) is 17.9 Å². The molecule has 8 nitrogen and oxygen atoms in total. The lowest BCUT2D eigenvalue weighted by Gasteiger charge is -2.19. The summed E-state index contributed by atoms with van der Waals surface area (Å²) in [5.74, 6) is 1.05. The number of para-hydroxylation sites is 2. The smallest absolute Gasteiger partial charge is 0.294 e. The van der Waals surface area contributed by atoms with Gasteiger partial charge in [0.05, 0.1) is 16.7 Å². The first-order valence-corrected chi connectivity index (χ1v) is 10.7. The minimum absolute atomic E-state index is 0.129. The minimum atomic E-state index is -0.136. The van der Waals surface area contributed by atoms with Gasteiger partial charge in [0.2, 0.25) is 5.91 Å². The Bertz CT molecular complexity index is 1110. The van der Waals surface area contributed by atoms with Gasteiger partial charge in [0.15, 0.2) is 5.82 Å². The third kappa shape index (κ3) is 4.08. The molecule has 158 valence electrons. The quantitative estimate of drug-likeness (QED) is 0.650. The molecular formula is C22H28N6O2. The second kappa shape index (κ2) is 8.69. The van der Waals surface area contributed by atoms with E-state index in [0.717, 1.165) is 55.6 Å². The second-order valence-electron chi connectivity index (χ2n) is 7.77. The molecule has 2 aromatic heterocycles. The fourth-order valence-electron chi connectivity index (χ4n) is 3.98. The highest BCUT2D eigenvalue weighted by atomic mass is 16.2. The summed E-state index contributed by atoms with van der Waals surface area (Å²) in [5, 5.41) is 7.36. The number of nitrogens with zero attached hydrogens (tertiary/aromatic N) is 5. The number of aryl methyl sites for hydroxylation is 3. The zero-order chi connectivity index (χ0) is 21.1. The Morgan fingerprint density at radius 3 is 2.70 bits per heavy atom. The Morgan fingerprint density at radius 1 is 1.17 bits per heavy atom. The molecule has 1 N–H and O–H groups in total. The zero-order valence-electron chi connectivity index (χ0n) is 17.6. The number of benzene rings is 1. The molecule has 0 spiro atoms. The first kappa shape index (κ1) is 20.1. The van der Waals surface area contributed by atoms with Gasteiger partial charge in [-0.05, 0) is 38.3 Å². The van der Waals surface area contributed by atoms with Crippen LogP contribution in [-0.4, -0.2) is 38.3 Å². The fourth-order valence-corrected chi connectivity index (χ4v) is 3.98. The van der Waals surface area contributed by atoms with Crippen molar-refractivity contribution in [3.05, 3.63) is 46.4 Å². The van der Waals surface area contributed by atoms with Crippen LogP contribution in [0.3, 0.4) is 0 Å². The van der Waals surface area contributed by atoms with E-state index in [9.17, 15) is 9.59 Å². The number of anilines is 2. The Kier molecular flexibility index (Phi) is 5.83. The van der Waals surface area contributed by atoms with Crippen molar-refractivity contribution in [2.24, 2.45) is 0 Å². The largest absolute Gasteiger partial charge is 0.352 e. The van der Waals surface area contributed by atoms with Gasteiger partial charge >= 0.3 is 0 Å². The molecular weight excluding hydrogens is 380 g/mol. The number of hydrogen-bond donors (Lipinski definition) is 1. The maximum atomic E-state index is 13.2. The minimum Gasteiger partial charge on any atom is -0.352 e. The van der Waals surface area contributed by atoms with E-state index in [2.05, 4.69) is 27.2 Å². The number of aromatic nitrogens is 4. The van der Waals surface area contributed by atoms with Crippen molar-refractivity contribution < 1.29 is 4.79 Å². The Labute approximate surface area is 175 Å². The SMILES string of the molecule is CCCn1nc(C)cc1NC(=O)CCn1c(=O)c(N2CCCC2)nc2ccccc21. The second-order valence-corrected chi connectivity index (χ2v) is 7.77. The molecule has 1 amide bonds. The van der Waals surface area contributed by atoms with Gasteiger partial charge in [0.1, 0.15) is 5.82 Å². The molecule has 0 saturated carbocycles. The number of rotatable bonds is 7. The summed E-state index contributed by atoms with van der Waals surface area (Å²) in [4.78, 5) is 32.5. The van der Waals surface area contributed by atoms with Crippen LogP contribution in [0.4, 0.5) is 11.6 Å². The number of hydrogen-bond acceptors (Lipinski definition) is 5. The topological polar surface area (TPSA) is 85.0 Å². The molecule has 0 atom stereocenters. The zero-order valence-corrected chi connectivity index (χ0v) is 17.6. The molecule has 3 heterocycles.